The number of nitrogens with two attached hydrogens (primary N) is 1. The Morgan fingerprint density at radius 1 is 1.41 bits per heavy atom. The molecule has 1 saturated heterocycles. The summed E-state index contributed by atoms with van der Waals surface area (Å²) < 4.78 is 7.34. The second-order valence-corrected chi connectivity index (χ2v) is 8.94. The summed E-state index contributed by atoms with van der Waals surface area (Å²) in [6.07, 6.45) is 3.92. The summed E-state index contributed by atoms with van der Waals surface area (Å²) in [5.41, 5.74) is 8.15. The maximum absolute atomic E-state index is 12.5. The van der Waals surface area contributed by atoms with Crippen molar-refractivity contribution in [3.63, 3.8) is 0 Å². The van der Waals surface area contributed by atoms with Crippen LogP contribution in [0.3, 0.4) is 0 Å². The lowest BCUT2D eigenvalue weighted by molar-refractivity contribution is 0.0252. The van der Waals surface area contributed by atoms with Crippen molar-refractivity contribution < 1.29 is 14.6 Å². The van der Waals surface area contributed by atoms with E-state index in [0.717, 1.165) is 35.9 Å². The topological polar surface area (TPSA) is 106 Å². The second kappa shape index (κ2) is 8.49. The molecule has 29 heavy (non-hydrogen) atoms. The maximum atomic E-state index is 12.5. The van der Waals surface area contributed by atoms with E-state index in [2.05, 4.69) is 10.4 Å². The van der Waals surface area contributed by atoms with Crippen LogP contribution in [0.1, 0.15) is 47.0 Å². The molecule has 1 amide bonds. The highest BCUT2D eigenvalue weighted by Crippen LogP contribution is 2.28. The third-order valence-corrected chi connectivity index (χ3v) is 4.93. The van der Waals surface area contributed by atoms with Gasteiger partial charge in [0.15, 0.2) is 0 Å². The number of aromatic nitrogens is 2. The van der Waals surface area contributed by atoms with E-state index in [1.165, 1.54) is 0 Å². The van der Waals surface area contributed by atoms with Gasteiger partial charge in [0.2, 0.25) is 0 Å². The van der Waals surface area contributed by atoms with Gasteiger partial charge < -0.3 is 25.8 Å². The van der Waals surface area contributed by atoms with E-state index in [1.54, 1.807) is 22.7 Å². The van der Waals surface area contributed by atoms with Gasteiger partial charge in [-0.2, -0.15) is 5.10 Å². The van der Waals surface area contributed by atoms with Crippen LogP contribution in [0, 0.1) is 0 Å². The highest BCUT2D eigenvalue weighted by molar-refractivity contribution is 5.89. The number of likely N-dealkylation sites (tertiary alicyclic amines) is 1. The summed E-state index contributed by atoms with van der Waals surface area (Å²) >= 11 is 0. The molecule has 1 aromatic heterocycles. The Hall–Kier alpha value is -2.48. The van der Waals surface area contributed by atoms with E-state index in [0.29, 0.717) is 25.3 Å². The van der Waals surface area contributed by atoms with Crippen LogP contribution in [-0.2, 0) is 11.3 Å². The van der Waals surface area contributed by atoms with E-state index in [1.807, 2.05) is 32.9 Å². The largest absolute Gasteiger partial charge is 0.444 e. The van der Waals surface area contributed by atoms with Crippen molar-refractivity contribution in [1.82, 2.24) is 14.7 Å². The minimum atomic E-state index is -0.510. The minimum absolute atomic E-state index is 0.0814. The monoisotopic (exact) mass is 403 g/mol. The van der Waals surface area contributed by atoms with Gasteiger partial charge in [0.05, 0.1) is 35.7 Å². The molecular formula is C21H33N5O3. The standard InChI is InChI=1S/C21H33N5O3/c1-14(27)12-26-19-10-18(17(22)9-15(19)11-23-26)24-16-7-5-6-8-25(13-16)20(28)29-21(2,3)4/h9-11,14,16,24,27H,5-8,12-13,22H2,1-4H3/t14-,16+/m0/s1. The SMILES string of the molecule is C[C@H](O)Cn1ncc2cc(N)c(N[C@@H]3CCCCN(C(=O)OC(C)(C)C)C3)cc21. The Labute approximate surface area is 172 Å². The fraction of sp³-hybridized carbons (Fsp3) is 0.619. The third kappa shape index (κ3) is 5.53. The average Bonchev–Trinajstić information content (AvgIpc) is 2.83. The zero-order valence-corrected chi connectivity index (χ0v) is 17.8. The van der Waals surface area contributed by atoms with E-state index in [4.69, 9.17) is 10.5 Å². The summed E-state index contributed by atoms with van der Waals surface area (Å²) in [6.45, 7) is 9.06. The van der Waals surface area contributed by atoms with Crippen molar-refractivity contribution in [1.29, 1.82) is 0 Å². The van der Waals surface area contributed by atoms with Crippen LogP contribution in [0.4, 0.5) is 16.2 Å². The number of nitrogens with zero attached hydrogens (tertiary/aromatic N) is 3. The van der Waals surface area contributed by atoms with Gasteiger partial charge in [-0.15, -0.1) is 0 Å². The van der Waals surface area contributed by atoms with Crippen LogP contribution >= 0.6 is 0 Å². The molecule has 4 N–H and O–H groups in total. The molecule has 0 aliphatic carbocycles. The molecule has 0 radical (unpaired) electrons. The number of hydrogen-bond donors (Lipinski definition) is 3. The molecule has 8 nitrogen and oxygen atoms in total. The van der Waals surface area contributed by atoms with E-state index < -0.39 is 11.7 Å². The molecule has 0 bridgehead atoms. The Kier molecular flexibility index (Phi) is 6.21. The molecule has 3 rings (SSSR count). The predicted octanol–water partition coefficient (Wildman–Crippen LogP) is 3.20. The number of nitrogens with one attached hydrogen (secondary N) is 1. The Morgan fingerprint density at radius 3 is 2.86 bits per heavy atom. The molecule has 8 heteroatoms. The highest BCUT2D eigenvalue weighted by atomic mass is 16.6. The smallest absolute Gasteiger partial charge is 0.410 e. The summed E-state index contributed by atoms with van der Waals surface area (Å²) in [5, 5.41) is 18.5. The van der Waals surface area contributed by atoms with Crippen molar-refractivity contribution in [2.75, 3.05) is 24.1 Å². The van der Waals surface area contributed by atoms with E-state index >= 15 is 0 Å². The fourth-order valence-corrected chi connectivity index (χ4v) is 3.64. The van der Waals surface area contributed by atoms with Gasteiger partial charge in [-0.3, -0.25) is 4.68 Å². The molecule has 0 spiro atoms. The minimum Gasteiger partial charge on any atom is -0.444 e. The van der Waals surface area contributed by atoms with E-state index in [9.17, 15) is 9.90 Å². The average molecular weight is 404 g/mol. The van der Waals surface area contributed by atoms with Gasteiger partial charge in [0.25, 0.3) is 0 Å². The number of fused-ring (bicyclic) bond motifs is 1. The summed E-state index contributed by atoms with van der Waals surface area (Å²) in [5.74, 6) is 0. The van der Waals surface area contributed by atoms with Crippen molar-refractivity contribution in [2.24, 2.45) is 0 Å². The van der Waals surface area contributed by atoms with Gasteiger partial charge in [-0.05, 0) is 59.1 Å². The molecule has 160 valence electrons. The zero-order chi connectivity index (χ0) is 21.2. The molecular weight excluding hydrogens is 370 g/mol. The van der Waals surface area contributed by atoms with Gasteiger partial charge in [-0.25, -0.2) is 4.79 Å². The molecule has 0 unspecified atom stereocenters. The molecule has 1 fully saturated rings. The number of carbonyl (C=O) groups is 1. The molecule has 2 heterocycles. The Bertz CT molecular complexity index is 856. The van der Waals surface area contributed by atoms with Crippen molar-refractivity contribution in [3.05, 3.63) is 18.3 Å². The fourth-order valence-electron chi connectivity index (χ4n) is 3.64. The number of carbonyl (C=O) groups excluding carboxylic acids is 1. The summed E-state index contributed by atoms with van der Waals surface area (Å²) in [6, 6.07) is 3.95. The molecule has 1 aliphatic heterocycles. The number of benzene rings is 1. The van der Waals surface area contributed by atoms with Crippen LogP contribution in [-0.4, -0.2) is 56.7 Å². The predicted molar refractivity (Wildman–Crippen MR) is 115 cm³/mol. The lowest BCUT2D eigenvalue weighted by Crippen LogP contribution is -2.42. The number of aliphatic hydroxyl groups excluding tert-OH is 1. The lowest BCUT2D eigenvalue weighted by Gasteiger charge is -2.29. The van der Waals surface area contributed by atoms with Crippen LogP contribution in [0.15, 0.2) is 18.3 Å². The van der Waals surface area contributed by atoms with Crippen LogP contribution in [0.5, 0.6) is 0 Å². The Balaban J connectivity index is 1.77. The lowest BCUT2D eigenvalue weighted by atomic mass is 10.1. The second-order valence-electron chi connectivity index (χ2n) is 8.94. The third-order valence-electron chi connectivity index (χ3n) is 4.93. The zero-order valence-electron chi connectivity index (χ0n) is 17.8. The van der Waals surface area contributed by atoms with Gasteiger partial charge >= 0.3 is 6.09 Å². The van der Waals surface area contributed by atoms with Crippen LogP contribution in [0.2, 0.25) is 0 Å². The maximum Gasteiger partial charge on any atom is 0.410 e. The quantitative estimate of drug-likeness (QED) is 0.677. The first-order chi connectivity index (χ1) is 13.6. The summed E-state index contributed by atoms with van der Waals surface area (Å²) in [4.78, 5) is 14.3. The first-order valence-corrected chi connectivity index (χ1v) is 10.3. The van der Waals surface area contributed by atoms with Crippen molar-refractivity contribution in [3.8, 4) is 0 Å². The van der Waals surface area contributed by atoms with Crippen molar-refractivity contribution >= 4 is 28.4 Å². The molecule has 1 aromatic carbocycles. The number of rotatable bonds is 4. The first-order valence-electron chi connectivity index (χ1n) is 10.3. The highest BCUT2D eigenvalue weighted by Gasteiger charge is 2.26. The van der Waals surface area contributed by atoms with Gasteiger partial charge in [0.1, 0.15) is 5.60 Å². The molecule has 0 saturated carbocycles. The number of aliphatic hydroxyl groups is 1. The Morgan fingerprint density at radius 2 is 2.17 bits per heavy atom. The number of ether oxygens (including phenoxy) is 1. The van der Waals surface area contributed by atoms with Crippen LogP contribution in [0.25, 0.3) is 10.9 Å². The molecule has 2 aromatic rings. The van der Waals surface area contributed by atoms with Gasteiger partial charge in [0, 0.05) is 24.5 Å². The van der Waals surface area contributed by atoms with Crippen LogP contribution < -0.4 is 11.1 Å². The van der Waals surface area contributed by atoms with E-state index in [-0.39, 0.29) is 12.1 Å². The number of amides is 1. The normalized spacial score (nSPS) is 19.1. The number of anilines is 2. The molecule has 2 atom stereocenters. The van der Waals surface area contributed by atoms with Crippen molar-refractivity contribution in [2.45, 2.75) is 71.2 Å². The van der Waals surface area contributed by atoms with Gasteiger partial charge in [-0.1, -0.05) is 0 Å². The number of nitrogen functional groups attached to an aromatic ring is 1. The number of hydrogen-bond acceptors (Lipinski definition) is 6. The summed E-state index contributed by atoms with van der Waals surface area (Å²) in [7, 11) is 0. The first kappa shape index (κ1) is 21.2. The molecule has 1 aliphatic rings.